The number of hydrogen-bond donors (Lipinski definition) is 1. The van der Waals surface area contributed by atoms with Crippen LogP contribution in [0.5, 0.6) is 0 Å². The summed E-state index contributed by atoms with van der Waals surface area (Å²) in [6, 6.07) is 11.8. The van der Waals surface area contributed by atoms with Crippen molar-refractivity contribution < 1.29 is 4.42 Å². The van der Waals surface area contributed by atoms with E-state index < -0.39 is 0 Å². The van der Waals surface area contributed by atoms with E-state index in [4.69, 9.17) is 16.0 Å². The van der Waals surface area contributed by atoms with Gasteiger partial charge in [0.1, 0.15) is 11.6 Å². The molecule has 5 heteroatoms. The summed E-state index contributed by atoms with van der Waals surface area (Å²) in [5.74, 6) is 1.84. The molecule has 0 fully saturated rings. The smallest absolute Gasteiger partial charge is 0.193 e. The molecule has 0 aliphatic rings. The Morgan fingerprint density at radius 1 is 1.30 bits per heavy atom. The van der Waals surface area contributed by atoms with Crippen LogP contribution in [0, 0.1) is 0 Å². The minimum Gasteiger partial charge on any atom is -0.448 e. The van der Waals surface area contributed by atoms with Crippen LogP contribution in [0.1, 0.15) is 17.6 Å². The molecule has 2 heterocycles. The molecule has 0 aliphatic carbocycles. The summed E-state index contributed by atoms with van der Waals surface area (Å²) in [4.78, 5) is 4.68. The molecule has 3 rings (SSSR count). The number of halogens is 1. The lowest BCUT2D eigenvalue weighted by Crippen LogP contribution is -2.19. The third-order valence-electron chi connectivity index (χ3n) is 3.55. The van der Waals surface area contributed by atoms with Crippen LogP contribution in [-0.4, -0.2) is 16.6 Å². The summed E-state index contributed by atoms with van der Waals surface area (Å²) in [5, 5.41) is 3.65. The van der Waals surface area contributed by atoms with Crippen LogP contribution < -0.4 is 5.32 Å². The van der Waals surface area contributed by atoms with Crippen molar-refractivity contribution in [3.8, 4) is 0 Å². The third kappa shape index (κ3) is 2.32. The number of hydrogen-bond acceptors (Lipinski definition) is 3. The molecule has 3 aromatic rings. The van der Waals surface area contributed by atoms with Crippen LogP contribution >= 0.6 is 11.6 Å². The fourth-order valence-electron chi connectivity index (χ4n) is 2.42. The van der Waals surface area contributed by atoms with Gasteiger partial charge in [0.2, 0.25) is 0 Å². The monoisotopic (exact) mass is 289 g/mol. The number of aryl methyl sites for hydroxylation is 1. The van der Waals surface area contributed by atoms with Crippen LogP contribution in [0.4, 0.5) is 0 Å². The zero-order chi connectivity index (χ0) is 14.1. The van der Waals surface area contributed by atoms with Gasteiger partial charge in [0, 0.05) is 13.5 Å². The van der Waals surface area contributed by atoms with E-state index in [2.05, 4.69) is 20.9 Å². The molecule has 1 unspecified atom stereocenters. The van der Waals surface area contributed by atoms with Gasteiger partial charge in [-0.2, -0.15) is 0 Å². The third-order valence-corrected chi connectivity index (χ3v) is 3.76. The SMILES string of the molecule is CNC(Cc1nc2ccccc2n1C)c1ccc(Cl)o1. The molecule has 20 heavy (non-hydrogen) atoms. The van der Waals surface area contributed by atoms with Crippen molar-refractivity contribution in [2.75, 3.05) is 7.05 Å². The van der Waals surface area contributed by atoms with Crippen molar-refractivity contribution in [1.29, 1.82) is 0 Å². The summed E-state index contributed by atoms with van der Waals surface area (Å²) in [6.07, 6.45) is 0.742. The van der Waals surface area contributed by atoms with Crippen LogP contribution in [-0.2, 0) is 13.5 Å². The van der Waals surface area contributed by atoms with Gasteiger partial charge in [0.15, 0.2) is 5.22 Å². The first-order valence-corrected chi connectivity index (χ1v) is 6.89. The second-order valence-electron chi connectivity index (χ2n) is 4.76. The van der Waals surface area contributed by atoms with Gasteiger partial charge in [0.05, 0.1) is 17.1 Å². The van der Waals surface area contributed by atoms with Crippen molar-refractivity contribution in [2.45, 2.75) is 12.5 Å². The number of furan rings is 1. The van der Waals surface area contributed by atoms with Crippen molar-refractivity contribution in [2.24, 2.45) is 7.05 Å². The predicted molar refractivity (Wildman–Crippen MR) is 79.9 cm³/mol. The molecular weight excluding hydrogens is 274 g/mol. The lowest BCUT2D eigenvalue weighted by atomic mass is 10.1. The van der Waals surface area contributed by atoms with Crippen molar-refractivity contribution in [3.05, 3.63) is 53.2 Å². The number of para-hydroxylation sites is 2. The summed E-state index contributed by atoms with van der Waals surface area (Å²) in [6.45, 7) is 0. The van der Waals surface area contributed by atoms with Crippen molar-refractivity contribution in [3.63, 3.8) is 0 Å². The molecule has 1 N–H and O–H groups in total. The predicted octanol–water partition coefficient (Wildman–Crippen LogP) is 3.32. The Bertz CT molecular complexity index is 732. The number of nitrogens with one attached hydrogen (secondary N) is 1. The normalized spacial score (nSPS) is 12.9. The Morgan fingerprint density at radius 3 is 2.75 bits per heavy atom. The maximum Gasteiger partial charge on any atom is 0.193 e. The van der Waals surface area contributed by atoms with Crippen molar-refractivity contribution >= 4 is 22.6 Å². The molecule has 0 radical (unpaired) electrons. The number of aromatic nitrogens is 2. The maximum absolute atomic E-state index is 5.84. The van der Waals surface area contributed by atoms with Crippen molar-refractivity contribution in [1.82, 2.24) is 14.9 Å². The topological polar surface area (TPSA) is 43.0 Å². The number of nitrogens with zero attached hydrogens (tertiary/aromatic N) is 2. The molecule has 104 valence electrons. The quantitative estimate of drug-likeness (QED) is 0.801. The fraction of sp³-hybridized carbons (Fsp3) is 0.267. The Balaban J connectivity index is 1.93. The van der Waals surface area contributed by atoms with Gasteiger partial charge < -0.3 is 14.3 Å². The van der Waals surface area contributed by atoms with Gasteiger partial charge in [-0.1, -0.05) is 12.1 Å². The molecule has 4 nitrogen and oxygen atoms in total. The van der Waals surface area contributed by atoms with Gasteiger partial charge in [0.25, 0.3) is 0 Å². The Labute approximate surface area is 122 Å². The lowest BCUT2D eigenvalue weighted by Gasteiger charge is -2.13. The van der Waals surface area contributed by atoms with Gasteiger partial charge in [-0.05, 0) is 42.9 Å². The summed E-state index contributed by atoms with van der Waals surface area (Å²) in [5.41, 5.74) is 2.15. The van der Waals surface area contributed by atoms with Crippen LogP contribution in [0.3, 0.4) is 0 Å². The maximum atomic E-state index is 5.84. The highest BCUT2D eigenvalue weighted by molar-refractivity contribution is 6.28. The molecular formula is C15H16ClN3O. The standard InChI is InChI=1S/C15H16ClN3O/c1-17-11(13-7-8-14(16)20-13)9-15-18-10-5-3-4-6-12(10)19(15)2/h3-8,11,17H,9H2,1-2H3. The number of benzene rings is 1. The number of rotatable bonds is 4. The first-order chi connectivity index (χ1) is 9.69. The van der Waals surface area contributed by atoms with E-state index in [9.17, 15) is 0 Å². The molecule has 1 atom stereocenters. The first kappa shape index (κ1) is 13.2. The highest BCUT2D eigenvalue weighted by atomic mass is 35.5. The van der Waals surface area contributed by atoms with Gasteiger partial charge in [-0.15, -0.1) is 0 Å². The Morgan fingerprint density at radius 2 is 2.10 bits per heavy atom. The molecule has 0 saturated carbocycles. The van der Waals surface area contributed by atoms with Crippen LogP contribution in [0.2, 0.25) is 5.22 Å². The second kappa shape index (κ2) is 5.31. The van der Waals surface area contributed by atoms with E-state index >= 15 is 0 Å². The Kier molecular flexibility index (Phi) is 3.51. The zero-order valence-electron chi connectivity index (χ0n) is 11.4. The minimum absolute atomic E-state index is 0.0537. The van der Waals surface area contributed by atoms with E-state index in [1.807, 2.05) is 38.4 Å². The largest absolute Gasteiger partial charge is 0.448 e. The molecule has 0 aliphatic heterocycles. The molecule has 2 aromatic heterocycles. The second-order valence-corrected chi connectivity index (χ2v) is 5.14. The molecule has 0 bridgehead atoms. The number of fused-ring (bicyclic) bond motifs is 1. The van der Waals surface area contributed by atoms with Gasteiger partial charge in [-0.3, -0.25) is 0 Å². The summed E-state index contributed by atoms with van der Waals surface area (Å²) >= 11 is 5.84. The average molecular weight is 290 g/mol. The molecule has 1 aromatic carbocycles. The highest BCUT2D eigenvalue weighted by Gasteiger charge is 2.17. The summed E-state index contributed by atoms with van der Waals surface area (Å²) < 4.78 is 7.60. The summed E-state index contributed by atoms with van der Waals surface area (Å²) in [7, 11) is 3.94. The van der Waals surface area contributed by atoms with E-state index in [1.54, 1.807) is 6.07 Å². The zero-order valence-corrected chi connectivity index (χ0v) is 12.2. The Hall–Kier alpha value is -1.78. The molecule has 0 saturated heterocycles. The van der Waals surface area contributed by atoms with E-state index in [1.165, 1.54) is 0 Å². The van der Waals surface area contributed by atoms with Crippen LogP contribution in [0.25, 0.3) is 11.0 Å². The molecule has 0 amide bonds. The number of imidazole rings is 1. The number of likely N-dealkylation sites (N-methyl/N-ethyl adjacent to an activating group) is 1. The van der Waals surface area contributed by atoms with E-state index in [0.717, 1.165) is 29.0 Å². The lowest BCUT2D eigenvalue weighted by molar-refractivity contribution is 0.424. The average Bonchev–Trinajstić information content (AvgIpc) is 3.01. The first-order valence-electron chi connectivity index (χ1n) is 6.52. The van der Waals surface area contributed by atoms with Gasteiger partial charge in [-0.25, -0.2) is 4.98 Å². The van der Waals surface area contributed by atoms with E-state index in [-0.39, 0.29) is 6.04 Å². The molecule has 0 spiro atoms. The fourth-order valence-corrected chi connectivity index (χ4v) is 2.57. The minimum atomic E-state index is 0.0537. The van der Waals surface area contributed by atoms with Gasteiger partial charge >= 0.3 is 0 Å². The van der Waals surface area contributed by atoms with E-state index in [0.29, 0.717) is 5.22 Å². The van der Waals surface area contributed by atoms with Crippen LogP contribution in [0.15, 0.2) is 40.8 Å². The highest BCUT2D eigenvalue weighted by Crippen LogP contribution is 2.24.